The number of hydrogen-bond donors (Lipinski definition) is 0. The molecule has 0 spiro atoms. The molecule has 2 aromatic rings. The fourth-order valence-electron chi connectivity index (χ4n) is 3.49. The molecule has 1 fully saturated rings. The highest BCUT2D eigenvalue weighted by atomic mass is 32.2. The number of halogens is 1. The van der Waals surface area contributed by atoms with E-state index >= 15 is 0 Å². The molecule has 1 aliphatic heterocycles. The van der Waals surface area contributed by atoms with Gasteiger partial charge in [0.1, 0.15) is 11.9 Å². The minimum Gasteiger partial charge on any atom is -0.368 e. The Bertz CT molecular complexity index is 929. The molecule has 1 atom stereocenters. The Kier molecular flexibility index (Phi) is 5.88. The van der Waals surface area contributed by atoms with E-state index in [1.807, 2.05) is 30.3 Å². The fraction of sp³-hybridized carbons (Fsp3) is 0.350. The Labute approximate surface area is 165 Å². The Hall–Kier alpha value is -2.61. The summed E-state index contributed by atoms with van der Waals surface area (Å²) in [5, 5.41) is 0. The van der Waals surface area contributed by atoms with Crippen molar-refractivity contribution in [3.05, 3.63) is 60.4 Å². The van der Waals surface area contributed by atoms with Gasteiger partial charge in [-0.15, -0.1) is 0 Å². The molecule has 0 saturated carbocycles. The summed E-state index contributed by atoms with van der Waals surface area (Å²) in [6.45, 7) is 3.77. The number of hydrogen-bond acceptors (Lipinski definition) is 4. The van der Waals surface area contributed by atoms with Crippen LogP contribution in [0.4, 0.5) is 15.8 Å². The SMILES string of the molecule is C[C@H](C(=O)N1CCN(c2ccccc2)CC1)N(c1ccccc1F)S(C)(=O)=O. The van der Waals surface area contributed by atoms with Crippen LogP contribution in [0.2, 0.25) is 0 Å². The third-order valence-electron chi connectivity index (χ3n) is 4.87. The van der Waals surface area contributed by atoms with Gasteiger partial charge in [0.25, 0.3) is 0 Å². The van der Waals surface area contributed by atoms with E-state index in [9.17, 15) is 17.6 Å². The van der Waals surface area contributed by atoms with Crippen LogP contribution in [0.15, 0.2) is 54.6 Å². The molecule has 6 nitrogen and oxygen atoms in total. The Morgan fingerprint density at radius 2 is 1.57 bits per heavy atom. The summed E-state index contributed by atoms with van der Waals surface area (Å²) in [4.78, 5) is 16.8. The van der Waals surface area contributed by atoms with Crippen molar-refractivity contribution in [2.45, 2.75) is 13.0 Å². The van der Waals surface area contributed by atoms with E-state index in [1.165, 1.54) is 25.1 Å². The first kappa shape index (κ1) is 20.1. The average molecular weight is 405 g/mol. The Morgan fingerprint density at radius 3 is 2.14 bits per heavy atom. The molecule has 1 aliphatic rings. The van der Waals surface area contributed by atoms with E-state index in [4.69, 9.17) is 0 Å². The van der Waals surface area contributed by atoms with Crippen LogP contribution in [0.1, 0.15) is 6.92 Å². The number of nitrogens with zero attached hydrogens (tertiary/aromatic N) is 3. The average Bonchev–Trinajstić information content (AvgIpc) is 2.69. The molecular formula is C20H24FN3O3S. The monoisotopic (exact) mass is 405 g/mol. The number of sulfonamides is 1. The lowest BCUT2D eigenvalue weighted by Gasteiger charge is -2.39. The van der Waals surface area contributed by atoms with Crippen molar-refractivity contribution in [3.8, 4) is 0 Å². The number of para-hydroxylation sites is 2. The van der Waals surface area contributed by atoms with Gasteiger partial charge in [-0.3, -0.25) is 9.10 Å². The minimum absolute atomic E-state index is 0.117. The molecule has 2 aromatic carbocycles. The molecule has 28 heavy (non-hydrogen) atoms. The molecule has 0 unspecified atom stereocenters. The van der Waals surface area contributed by atoms with Crippen LogP contribution in [-0.4, -0.2) is 57.7 Å². The van der Waals surface area contributed by atoms with Gasteiger partial charge < -0.3 is 9.80 Å². The summed E-state index contributed by atoms with van der Waals surface area (Å²) in [5.74, 6) is -1.01. The van der Waals surface area contributed by atoms with Gasteiger partial charge in [-0.1, -0.05) is 30.3 Å². The van der Waals surface area contributed by atoms with Crippen LogP contribution in [-0.2, 0) is 14.8 Å². The quantitative estimate of drug-likeness (QED) is 0.766. The van der Waals surface area contributed by atoms with Crippen LogP contribution >= 0.6 is 0 Å². The van der Waals surface area contributed by atoms with Gasteiger partial charge in [-0.2, -0.15) is 0 Å². The summed E-state index contributed by atoms with van der Waals surface area (Å²) in [6.07, 6.45) is 0.983. The maximum absolute atomic E-state index is 14.2. The molecule has 1 saturated heterocycles. The van der Waals surface area contributed by atoms with E-state index in [0.29, 0.717) is 26.2 Å². The smallest absolute Gasteiger partial charge is 0.246 e. The van der Waals surface area contributed by atoms with Crippen LogP contribution in [0.3, 0.4) is 0 Å². The van der Waals surface area contributed by atoms with Gasteiger partial charge in [0.2, 0.25) is 15.9 Å². The summed E-state index contributed by atoms with van der Waals surface area (Å²) >= 11 is 0. The lowest BCUT2D eigenvalue weighted by Crippen LogP contribution is -2.55. The van der Waals surface area contributed by atoms with E-state index in [1.54, 1.807) is 11.0 Å². The van der Waals surface area contributed by atoms with Crippen molar-refractivity contribution < 1.29 is 17.6 Å². The minimum atomic E-state index is -3.84. The van der Waals surface area contributed by atoms with E-state index in [-0.39, 0.29) is 11.6 Å². The van der Waals surface area contributed by atoms with Crippen molar-refractivity contribution in [1.82, 2.24) is 4.90 Å². The van der Waals surface area contributed by atoms with Gasteiger partial charge >= 0.3 is 0 Å². The molecule has 0 bridgehead atoms. The predicted octanol–water partition coefficient (Wildman–Crippen LogP) is 2.33. The van der Waals surface area contributed by atoms with Crippen LogP contribution in [0.25, 0.3) is 0 Å². The zero-order chi connectivity index (χ0) is 20.3. The van der Waals surface area contributed by atoms with E-state index in [2.05, 4.69) is 4.90 Å². The van der Waals surface area contributed by atoms with E-state index < -0.39 is 21.9 Å². The fourth-order valence-corrected chi connectivity index (χ4v) is 4.66. The molecule has 0 radical (unpaired) electrons. The Balaban J connectivity index is 1.75. The summed E-state index contributed by atoms with van der Waals surface area (Å²) in [5.41, 5.74) is 0.973. The normalized spacial score (nSPS) is 16.0. The van der Waals surface area contributed by atoms with Crippen LogP contribution < -0.4 is 9.21 Å². The molecule has 0 aromatic heterocycles. The first-order valence-electron chi connectivity index (χ1n) is 9.12. The lowest BCUT2D eigenvalue weighted by atomic mass is 10.2. The van der Waals surface area contributed by atoms with Gasteiger partial charge in [-0.25, -0.2) is 12.8 Å². The molecule has 3 rings (SSSR count). The standard InChI is InChI=1S/C20H24FN3O3S/c1-16(24(28(2,26)27)19-11-7-6-10-18(19)21)20(25)23-14-12-22(13-15-23)17-8-4-3-5-9-17/h3-11,16H,12-15H2,1-2H3/t16-/m1/s1. The number of rotatable bonds is 5. The topological polar surface area (TPSA) is 60.9 Å². The second-order valence-corrected chi connectivity index (χ2v) is 8.69. The third kappa shape index (κ3) is 4.27. The van der Waals surface area contributed by atoms with Gasteiger partial charge in [0.05, 0.1) is 11.9 Å². The number of carbonyl (C=O) groups is 1. The van der Waals surface area contributed by atoms with Gasteiger partial charge in [0.15, 0.2) is 0 Å². The zero-order valence-electron chi connectivity index (χ0n) is 16.0. The number of amides is 1. The van der Waals surface area contributed by atoms with Crippen LogP contribution in [0, 0.1) is 5.82 Å². The molecule has 0 N–H and O–H groups in total. The van der Waals surface area contributed by atoms with E-state index in [0.717, 1.165) is 16.2 Å². The first-order valence-corrected chi connectivity index (χ1v) is 11.0. The second-order valence-electron chi connectivity index (χ2n) is 6.83. The molecule has 8 heteroatoms. The zero-order valence-corrected chi connectivity index (χ0v) is 16.8. The van der Waals surface area contributed by atoms with Crippen molar-refractivity contribution in [2.24, 2.45) is 0 Å². The third-order valence-corrected chi connectivity index (χ3v) is 6.10. The summed E-state index contributed by atoms with van der Waals surface area (Å²) < 4.78 is 39.8. The maximum atomic E-state index is 14.2. The summed E-state index contributed by atoms with van der Waals surface area (Å²) in [6, 6.07) is 14.5. The second kappa shape index (κ2) is 8.18. The van der Waals surface area contributed by atoms with Crippen molar-refractivity contribution in [1.29, 1.82) is 0 Å². The van der Waals surface area contributed by atoms with Crippen molar-refractivity contribution >= 4 is 27.3 Å². The number of anilines is 2. The molecule has 1 amide bonds. The highest BCUT2D eigenvalue weighted by Gasteiger charge is 2.34. The summed E-state index contributed by atoms with van der Waals surface area (Å²) in [7, 11) is -3.84. The Morgan fingerprint density at radius 1 is 1.00 bits per heavy atom. The molecule has 1 heterocycles. The number of benzene rings is 2. The molecule has 0 aliphatic carbocycles. The molecule has 150 valence electrons. The number of piperazine rings is 1. The van der Waals surface area contributed by atoms with Gasteiger partial charge in [-0.05, 0) is 31.2 Å². The maximum Gasteiger partial charge on any atom is 0.246 e. The van der Waals surface area contributed by atoms with Crippen molar-refractivity contribution in [2.75, 3.05) is 41.6 Å². The predicted molar refractivity (Wildman–Crippen MR) is 108 cm³/mol. The van der Waals surface area contributed by atoms with Crippen LogP contribution in [0.5, 0.6) is 0 Å². The lowest BCUT2D eigenvalue weighted by molar-refractivity contribution is -0.132. The van der Waals surface area contributed by atoms with Gasteiger partial charge in [0, 0.05) is 31.9 Å². The largest absolute Gasteiger partial charge is 0.368 e. The highest BCUT2D eigenvalue weighted by Crippen LogP contribution is 2.25. The first-order chi connectivity index (χ1) is 13.3. The number of carbonyl (C=O) groups excluding carboxylic acids is 1. The highest BCUT2D eigenvalue weighted by molar-refractivity contribution is 7.92. The van der Waals surface area contributed by atoms with Crippen molar-refractivity contribution in [3.63, 3.8) is 0 Å². The molecular weight excluding hydrogens is 381 g/mol.